The molecule has 110 valence electrons. The van der Waals surface area contributed by atoms with E-state index in [9.17, 15) is 4.79 Å². The minimum atomic E-state index is -0.251. The summed E-state index contributed by atoms with van der Waals surface area (Å²) in [5.41, 5.74) is 0.817. The van der Waals surface area contributed by atoms with Crippen molar-refractivity contribution < 1.29 is 4.74 Å². The van der Waals surface area contributed by atoms with Crippen molar-refractivity contribution in [1.29, 1.82) is 0 Å². The van der Waals surface area contributed by atoms with Gasteiger partial charge in [-0.15, -0.1) is 16.4 Å². The molecule has 21 heavy (non-hydrogen) atoms. The fraction of sp³-hybridized carbons (Fsp3) is 0.462. The molecule has 8 heteroatoms. The molecule has 4 rings (SSSR count). The van der Waals surface area contributed by atoms with Crippen molar-refractivity contribution in [3.63, 3.8) is 0 Å². The Balaban J connectivity index is 2.24. The number of H-pyrrole nitrogens is 1. The summed E-state index contributed by atoms with van der Waals surface area (Å²) < 4.78 is 9.74. The molecule has 0 atom stereocenters. The Bertz CT molecular complexity index is 1010. The fourth-order valence-electron chi connectivity index (χ4n) is 2.87. The third-order valence-electron chi connectivity index (χ3n) is 3.94. The number of fused-ring (bicyclic) bond motifs is 5. The number of rotatable bonds is 0. The molecule has 0 aliphatic carbocycles. The van der Waals surface area contributed by atoms with Crippen molar-refractivity contribution in [3.8, 4) is 0 Å². The largest absolute Gasteiger partial charge is 0.370 e. The molecule has 1 aliphatic rings. The van der Waals surface area contributed by atoms with Gasteiger partial charge in [-0.1, -0.05) is 0 Å². The molecule has 6 nitrogen and oxygen atoms in total. The number of aryl methyl sites for hydroxylation is 1. The van der Waals surface area contributed by atoms with Gasteiger partial charge in [-0.2, -0.15) is 0 Å². The molecule has 0 spiro atoms. The maximum Gasteiger partial charge on any atom is 0.263 e. The van der Waals surface area contributed by atoms with Crippen molar-refractivity contribution in [2.75, 3.05) is 0 Å². The lowest BCUT2D eigenvalue weighted by molar-refractivity contribution is -0.0379. The zero-order valence-corrected chi connectivity index (χ0v) is 13.5. The summed E-state index contributed by atoms with van der Waals surface area (Å²) >= 11 is 6.88. The first kappa shape index (κ1) is 13.2. The first-order valence-electron chi connectivity index (χ1n) is 6.63. The van der Waals surface area contributed by atoms with E-state index in [4.69, 9.17) is 17.0 Å². The smallest absolute Gasteiger partial charge is 0.263 e. The first-order valence-corrected chi connectivity index (χ1v) is 7.86. The number of nitrogens with zero attached hydrogens (tertiary/aromatic N) is 3. The quantitative estimate of drug-likeness (QED) is 0.644. The topological polar surface area (TPSA) is 64.3 Å². The molecule has 0 radical (unpaired) electrons. The molecule has 0 saturated carbocycles. The van der Waals surface area contributed by atoms with E-state index in [1.807, 2.05) is 18.2 Å². The number of hydrogen-bond donors (Lipinski definition) is 1. The lowest BCUT2D eigenvalue weighted by atomic mass is 9.94. The summed E-state index contributed by atoms with van der Waals surface area (Å²) in [6.07, 6.45) is 0.730. The van der Waals surface area contributed by atoms with E-state index in [0.29, 0.717) is 17.2 Å². The van der Waals surface area contributed by atoms with Crippen molar-refractivity contribution in [2.45, 2.75) is 32.5 Å². The second-order valence-electron chi connectivity index (χ2n) is 5.94. The maximum atomic E-state index is 12.7. The summed E-state index contributed by atoms with van der Waals surface area (Å²) in [5, 5.41) is 7.66. The van der Waals surface area contributed by atoms with Gasteiger partial charge in [0, 0.05) is 18.3 Å². The van der Waals surface area contributed by atoms with Crippen LogP contribution in [0.2, 0.25) is 0 Å². The maximum absolute atomic E-state index is 12.7. The highest BCUT2D eigenvalue weighted by Gasteiger charge is 2.31. The highest BCUT2D eigenvalue weighted by Crippen LogP contribution is 2.37. The third kappa shape index (κ3) is 1.69. The number of ether oxygens (including phenoxy) is 1. The summed E-state index contributed by atoms with van der Waals surface area (Å²) in [4.78, 5) is 14.7. The zero-order chi connectivity index (χ0) is 14.9. The second kappa shape index (κ2) is 4.02. The molecule has 1 N–H and O–H groups in total. The van der Waals surface area contributed by atoms with Gasteiger partial charge in [-0.25, -0.2) is 9.50 Å². The van der Waals surface area contributed by atoms with Crippen LogP contribution in [0.15, 0.2) is 4.79 Å². The van der Waals surface area contributed by atoms with Crippen LogP contribution < -0.4 is 5.56 Å². The molecule has 0 fully saturated rings. The van der Waals surface area contributed by atoms with Crippen molar-refractivity contribution in [3.05, 3.63) is 25.6 Å². The van der Waals surface area contributed by atoms with E-state index in [1.54, 1.807) is 23.0 Å². The van der Waals surface area contributed by atoms with Gasteiger partial charge in [0.1, 0.15) is 4.83 Å². The van der Waals surface area contributed by atoms with Gasteiger partial charge in [0.05, 0.1) is 17.6 Å². The molecule has 4 heterocycles. The fourth-order valence-corrected chi connectivity index (χ4v) is 4.37. The van der Waals surface area contributed by atoms with Gasteiger partial charge in [0.15, 0.2) is 0 Å². The standard InChI is InChI=1S/C13H14N4O2S2/c1-13(2)4-6-7(5-19-13)21-10-8(6)9(18)16(3)11-14-15-12(20)17(10)11/h4-5H2,1-3H3,(H,15,20). The van der Waals surface area contributed by atoms with Crippen LogP contribution in [-0.2, 0) is 24.8 Å². The molecule has 0 aromatic carbocycles. The van der Waals surface area contributed by atoms with Gasteiger partial charge in [0.2, 0.25) is 10.5 Å². The lowest BCUT2D eigenvalue weighted by Crippen LogP contribution is -2.32. The van der Waals surface area contributed by atoms with Gasteiger partial charge in [0.25, 0.3) is 5.56 Å². The summed E-state index contributed by atoms with van der Waals surface area (Å²) in [5.74, 6) is 0.538. The van der Waals surface area contributed by atoms with Crippen LogP contribution in [0, 0.1) is 4.77 Å². The van der Waals surface area contributed by atoms with Crippen molar-refractivity contribution >= 4 is 39.5 Å². The minimum absolute atomic E-state index is 0.0262. The average molecular weight is 322 g/mol. The Labute approximate surface area is 129 Å². The summed E-state index contributed by atoms with van der Waals surface area (Å²) in [6.45, 7) is 4.63. The van der Waals surface area contributed by atoms with E-state index in [0.717, 1.165) is 27.1 Å². The minimum Gasteiger partial charge on any atom is -0.370 e. The zero-order valence-electron chi connectivity index (χ0n) is 11.9. The highest BCUT2D eigenvalue weighted by atomic mass is 32.1. The van der Waals surface area contributed by atoms with Gasteiger partial charge >= 0.3 is 0 Å². The molecular formula is C13H14N4O2S2. The van der Waals surface area contributed by atoms with Gasteiger partial charge in [-0.3, -0.25) is 9.36 Å². The van der Waals surface area contributed by atoms with E-state index in [2.05, 4.69) is 10.2 Å². The summed E-state index contributed by atoms with van der Waals surface area (Å²) in [7, 11) is 1.72. The van der Waals surface area contributed by atoms with Crippen LogP contribution in [0.5, 0.6) is 0 Å². The predicted molar refractivity (Wildman–Crippen MR) is 83.6 cm³/mol. The van der Waals surface area contributed by atoms with E-state index < -0.39 is 0 Å². The molecule has 3 aromatic heterocycles. The molecule has 0 bridgehead atoms. The SMILES string of the molecule is Cn1c(=O)c2c3c(sc2n2c(=S)[nH]nc12)COC(C)(C)C3. The number of nitrogens with one attached hydrogen (secondary N) is 1. The number of aromatic amines is 1. The Morgan fingerprint density at radius 3 is 3.00 bits per heavy atom. The van der Waals surface area contributed by atoms with Crippen LogP contribution in [0.3, 0.4) is 0 Å². The van der Waals surface area contributed by atoms with Crippen LogP contribution >= 0.6 is 23.6 Å². The highest BCUT2D eigenvalue weighted by molar-refractivity contribution is 7.71. The van der Waals surface area contributed by atoms with Crippen LogP contribution in [0.1, 0.15) is 24.3 Å². The van der Waals surface area contributed by atoms with Crippen LogP contribution in [-0.4, -0.2) is 24.8 Å². The first-order chi connectivity index (χ1) is 9.89. The average Bonchev–Trinajstić information content (AvgIpc) is 2.95. The van der Waals surface area contributed by atoms with Crippen molar-refractivity contribution in [2.24, 2.45) is 7.05 Å². The van der Waals surface area contributed by atoms with Crippen molar-refractivity contribution in [1.82, 2.24) is 19.2 Å². The second-order valence-corrected chi connectivity index (χ2v) is 7.41. The van der Waals surface area contributed by atoms with E-state index >= 15 is 0 Å². The Kier molecular flexibility index (Phi) is 2.52. The third-order valence-corrected chi connectivity index (χ3v) is 5.41. The van der Waals surface area contributed by atoms with E-state index in [1.165, 1.54) is 0 Å². The number of aromatic nitrogens is 4. The Hall–Kier alpha value is -1.51. The molecule has 1 aliphatic heterocycles. The number of hydrogen-bond acceptors (Lipinski definition) is 5. The predicted octanol–water partition coefficient (Wildman–Crippen LogP) is 2.16. The molecule has 3 aromatic rings. The molecular weight excluding hydrogens is 308 g/mol. The van der Waals surface area contributed by atoms with Crippen LogP contribution in [0.4, 0.5) is 0 Å². The Morgan fingerprint density at radius 1 is 1.48 bits per heavy atom. The van der Waals surface area contributed by atoms with Gasteiger partial charge < -0.3 is 4.74 Å². The van der Waals surface area contributed by atoms with Crippen LogP contribution in [0.25, 0.3) is 16.0 Å². The molecule has 0 amide bonds. The molecule has 0 saturated heterocycles. The van der Waals surface area contributed by atoms with E-state index in [-0.39, 0.29) is 11.2 Å². The summed E-state index contributed by atoms with van der Waals surface area (Å²) in [6, 6.07) is 0. The van der Waals surface area contributed by atoms with Gasteiger partial charge in [-0.05, 0) is 31.6 Å². The Morgan fingerprint density at radius 2 is 2.24 bits per heavy atom. The number of thiophene rings is 1. The monoisotopic (exact) mass is 322 g/mol. The normalized spacial score (nSPS) is 17.5. The molecule has 0 unspecified atom stereocenters. The lowest BCUT2D eigenvalue weighted by Gasteiger charge is -2.29.